The second-order valence-electron chi connectivity index (χ2n) is 4.00. The summed E-state index contributed by atoms with van der Waals surface area (Å²) in [4.78, 5) is 0. The van der Waals surface area contributed by atoms with Gasteiger partial charge in [0.1, 0.15) is 0 Å². The maximum absolute atomic E-state index is 10.3. The van der Waals surface area contributed by atoms with E-state index in [1.165, 1.54) is 0 Å². The lowest BCUT2D eigenvalue weighted by Gasteiger charge is -2.25. The molecule has 0 spiro atoms. The highest BCUT2D eigenvalue weighted by molar-refractivity contribution is 5.09. The molecule has 3 nitrogen and oxygen atoms in total. The van der Waals surface area contributed by atoms with Crippen molar-refractivity contribution in [3.63, 3.8) is 0 Å². The predicted molar refractivity (Wildman–Crippen MR) is 52.0 cm³/mol. The first-order valence-corrected chi connectivity index (χ1v) is 5.10. The third-order valence-corrected chi connectivity index (χ3v) is 2.76. The van der Waals surface area contributed by atoms with Crippen LogP contribution in [0.2, 0.25) is 0 Å². The molecule has 78 valence electrons. The van der Waals surface area contributed by atoms with E-state index in [1.54, 1.807) is 12.5 Å². The molecule has 1 atom stereocenters. The van der Waals surface area contributed by atoms with Gasteiger partial charge in [0.15, 0.2) is 0 Å². The molecule has 14 heavy (non-hydrogen) atoms. The van der Waals surface area contributed by atoms with Crippen LogP contribution in [0.5, 0.6) is 0 Å². The molecule has 1 aromatic heterocycles. The Morgan fingerprint density at radius 2 is 2.29 bits per heavy atom. The van der Waals surface area contributed by atoms with Gasteiger partial charge in [-0.3, -0.25) is 0 Å². The summed E-state index contributed by atoms with van der Waals surface area (Å²) < 4.78 is 10.3. The van der Waals surface area contributed by atoms with Gasteiger partial charge < -0.3 is 14.3 Å². The summed E-state index contributed by atoms with van der Waals surface area (Å²) in [6.07, 6.45) is 6.49. The first-order valence-electron chi connectivity index (χ1n) is 5.10. The van der Waals surface area contributed by atoms with Crippen molar-refractivity contribution in [3.05, 3.63) is 24.2 Å². The summed E-state index contributed by atoms with van der Waals surface area (Å²) in [7, 11) is 0. The van der Waals surface area contributed by atoms with Crippen molar-refractivity contribution in [1.82, 2.24) is 0 Å². The first kappa shape index (κ1) is 9.74. The summed E-state index contributed by atoms with van der Waals surface area (Å²) >= 11 is 0. The minimum Gasteiger partial charge on any atom is -0.472 e. The lowest BCUT2D eigenvalue weighted by atomic mass is 9.89. The molecular formula is C11H16O3. The Morgan fingerprint density at radius 1 is 1.36 bits per heavy atom. The summed E-state index contributed by atoms with van der Waals surface area (Å²) in [6, 6.07) is 1.91. The van der Waals surface area contributed by atoms with Crippen molar-refractivity contribution < 1.29 is 14.3 Å². The van der Waals surface area contributed by atoms with Gasteiger partial charge in [0.2, 0.25) is 0 Å². The number of hydrogen-bond acceptors (Lipinski definition) is 3. The van der Waals surface area contributed by atoms with Gasteiger partial charge in [-0.05, 0) is 30.9 Å². The molecule has 1 aromatic rings. The van der Waals surface area contributed by atoms with Crippen LogP contribution in [-0.2, 0) is 11.2 Å². The van der Waals surface area contributed by atoms with Crippen molar-refractivity contribution in [1.29, 1.82) is 0 Å². The topological polar surface area (TPSA) is 42.6 Å². The van der Waals surface area contributed by atoms with E-state index >= 15 is 0 Å². The highest BCUT2D eigenvalue weighted by Gasteiger charge is 2.28. The summed E-state index contributed by atoms with van der Waals surface area (Å²) in [5, 5.41) is 10.3. The minimum atomic E-state index is -0.597. The zero-order chi connectivity index (χ0) is 9.86. The van der Waals surface area contributed by atoms with Crippen LogP contribution in [0.1, 0.15) is 24.8 Å². The van der Waals surface area contributed by atoms with Crippen molar-refractivity contribution in [2.24, 2.45) is 0 Å². The van der Waals surface area contributed by atoms with Gasteiger partial charge in [-0.15, -0.1) is 0 Å². The number of rotatable bonds is 2. The van der Waals surface area contributed by atoms with Crippen LogP contribution in [0.3, 0.4) is 0 Å². The maximum atomic E-state index is 10.3. The fourth-order valence-electron chi connectivity index (χ4n) is 1.94. The van der Waals surface area contributed by atoms with Crippen LogP contribution in [0.15, 0.2) is 23.0 Å². The average Bonchev–Trinajstić information content (AvgIpc) is 2.55. The van der Waals surface area contributed by atoms with E-state index in [1.807, 2.05) is 6.07 Å². The van der Waals surface area contributed by atoms with Gasteiger partial charge in [0.05, 0.1) is 18.1 Å². The normalized spacial score (nSPS) is 28.6. The third-order valence-electron chi connectivity index (χ3n) is 2.76. The SMILES string of the molecule is OC1(Cc2ccoc2)CCCOCC1. The Bertz CT molecular complexity index is 258. The van der Waals surface area contributed by atoms with Crippen molar-refractivity contribution in [2.45, 2.75) is 31.3 Å². The van der Waals surface area contributed by atoms with Crippen LogP contribution in [0.4, 0.5) is 0 Å². The van der Waals surface area contributed by atoms with Crippen molar-refractivity contribution in [2.75, 3.05) is 13.2 Å². The fraction of sp³-hybridized carbons (Fsp3) is 0.636. The van der Waals surface area contributed by atoms with E-state index in [0.717, 1.165) is 31.4 Å². The molecule has 0 radical (unpaired) electrons. The fourth-order valence-corrected chi connectivity index (χ4v) is 1.94. The third kappa shape index (κ3) is 2.36. The molecule has 0 aromatic carbocycles. The Kier molecular flexibility index (Phi) is 2.89. The predicted octanol–water partition coefficient (Wildman–Crippen LogP) is 1.75. The quantitative estimate of drug-likeness (QED) is 0.783. The van der Waals surface area contributed by atoms with Crippen molar-refractivity contribution >= 4 is 0 Å². The van der Waals surface area contributed by atoms with Crippen molar-refractivity contribution in [3.8, 4) is 0 Å². The number of furan rings is 1. The number of aliphatic hydroxyl groups is 1. The minimum absolute atomic E-state index is 0.597. The second kappa shape index (κ2) is 4.15. The molecule has 0 amide bonds. The number of hydrogen-bond donors (Lipinski definition) is 1. The lowest BCUT2D eigenvalue weighted by molar-refractivity contribution is 0.0187. The molecule has 1 aliphatic heterocycles. The van der Waals surface area contributed by atoms with Crippen LogP contribution in [0, 0.1) is 0 Å². The van der Waals surface area contributed by atoms with Gasteiger partial charge in [-0.2, -0.15) is 0 Å². The highest BCUT2D eigenvalue weighted by atomic mass is 16.5. The Labute approximate surface area is 83.7 Å². The Hall–Kier alpha value is -0.800. The van der Waals surface area contributed by atoms with Gasteiger partial charge in [-0.25, -0.2) is 0 Å². The van der Waals surface area contributed by atoms with Gasteiger partial charge >= 0.3 is 0 Å². The molecule has 0 bridgehead atoms. The van der Waals surface area contributed by atoms with E-state index in [0.29, 0.717) is 13.0 Å². The number of ether oxygens (including phenoxy) is 1. The zero-order valence-electron chi connectivity index (χ0n) is 8.24. The molecule has 1 N–H and O–H groups in total. The highest BCUT2D eigenvalue weighted by Crippen LogP contribution is 2.25. The van der Waals surface area contributed by atoms with Gasteiger partial charge in [0, 0.05) is 19.6 Å². The molecule has 2 heterocycles. The van der Waals surface area contributed by atoms with E-state index in [-0.39, 0.29) is 0 Å². The monoisotopic (exact) mass is 196 g/mol. The molecule has 0 aliphatic carbocycles. The molecule has 2 rings (SSSR count). The van der Waals surface area contributed by atoms with Crippen LogP contribution < -0.4 is 0 Å². The zero-order valence-corrected chi connectivity index (χ0v) is 8.24. The smallest absolute Gasteiger partial charge is 0.0935 e. The Morgan fingerprint density at radius 3 is 3.07 bits per heavy atom. The molecule has 1 aliphatic rings. The molecule has 0 saturated carbocycles. The largest absolute Gasteiger partial charge is 0.472 e. The molecule has 1 fully saturated rings. The van der Waals surface area contributed by atoms with E-state index in [9.17, 15) is 5.11 Å². The molecular weight excluding hydrogens is 180 g/mol. The van der Waals surface area contributed by atoms with Crippen LogP contribution >= 0.6 is 0 Å². The molecule has 1 unspecified atom stereocenters. The first-order chi connectivity index (χ1) is 6.79. The lowest BCUT2D eigenvalue weighted by Crippen LogP contribution is -2.31. The molecule has 3 heteroatoms. The Balaban J connectivity index is 1.99. The maximum Gasteiger partial charge on any atom is 0.0935 e. The van der Waals surface area contributed by atoms with Crippen LogP contribution in [-0.4, -0.2) is 23.9 Å². The summed E-state index contributed by atoms with van der Waals surface area (Å²) in [5.41, 5.74) is 0.467. The standard InChI is InChI=1S/C11H16O3/c12-11(3-1-5-13-7-4-11)8-10-2-6-14-9-10/h2,6,9,12H,1,3-5,7-8H2. The van der Waals surface area contributed by atoms with E-state index in [2.05, 4.69) is 0 Å². The average molecular weight is 196 g/mol. The second-order valence-corrected chi connectivity index (χ2v) is 4.00. The van der Waals surface area contributed by atoms with E-state index < -0.39 is 5.60 Å². The van der Waals surface area contributed by atoms with Gasteiger partial charge in [-0.1, -0.05) is 0 Å². The van der Waals surface area contributed by atoms with Crippen LogP contribution in [0.25, 0.3) is 0 Å². The summed E-state index contributed by atoms with van der Waals surface area (Å²) in [6.45, 7) is 1.43. The summed E-state index contributed by atoms with van der Waals surface area (Å²) in [5.74, 6) is 0. The van der Waals surface area contributed by atoms with Gasteiger partial charge in [0.25, 0.3) is 0 Å². The van der Waals surface area contributed by atoms with E-state index in [4.69, 9.17) is 9.15 Å². The molecule has 1 saturated heterocycles.